The quantitative estimate of drug-likeness (QED) is 0.886. The molecule has 1 N–H and O–H groups in total. The number of benzene rings is 1. The molecule has 1 aromatic rings. The van der Waals surface area contributed by atoms with Gasteiger partial charge in [-0.2, -0.15) is 0 Å². The number of para-hydroxylation sites is 1. The summed E-state index contributed by atoms with van der Waals surface area (Å²) in [6, 6.07) is 4.12. The van der Waals surface area contributed by atoms with Gasteiger partial charge in [0.15, 0.2) is 11.5 Å². The Kier molecular flexibility index (Phi) is 4.84. The number of aryl methyl sites for hydroxylation is 1. The average Bonchev–Trinajstić information content (AvgIpc) is 2.21. The van der Waals surface area contributed by atoms with Crippen LogP contribution < -0.4 is 4.74 Å². The number of phenolic OH excluding ortho intramolecular Hbond substituents is 1. The first kappa shape index (κ1) is 14.6. The van der Waals surface area contributed by atoms with Crippen LogP contribution in [0.3, 0.4) is 0 Å². The van der Waals surface area contributed by atoms with Crippen LogP contribution in [0.4, 0.5) is 13.2 Å². The Balaban J connectivity index is 2.72. The van der Waals surface area contributed by atoms with Gasteiger partial charge in [-0.25, -0.2) is 0 Å². The predicted octanol–water partition coefficient (Wildman–Crippen LogP) is 2.79. The van der Waals surface area contributed by atoms with Crippen LogP contribution in [-0.4, -0.2) is 37.0 Å². The molecule has 18 heavy (non-hydrogen) atoms. The molecule has 0 saturated heterocycles. The molecular weight excluding hydrogens is 247 g/mol. The summed E-state index contributed by atoms with van der Waals surface area (Å²) in [5, 5.41) is 9.68. The molecule has 1 rings (SSSR count). The zero-order valence-corrected chi connectivity index (χ0v) is 10.3. The van der Waals surface area contributed by atoms with Crippen LogP contribution in [0.25, 0.3) is 0 Å². The maximum absolute atomic E-state index is 12.1. The van der Waals surface area contributed by atoms with Crippen molar-refractivity contribution in [3.05, 3.63) is 23.8 Å². The minimum atomic E-state index is -4.79. The standard InChI is InChI=1S/C12H16F3NO2/c1-16(2)8-4-6-9-5-3-7-10(11(9)17)18-12(13,14)15/h3,5,7,17H,4,6,8H2,1-2H3. The predicted molar refractivity (Wildman–Crippen MR) is 61.7 cm³/mol. The Morgan fingerprint density at radius 1 is 1.28 bits per heavy atom. The van der Waals surface area contributed by atoms with E-state index in [9.17, 15) is 18.3 Å². The SMILES string of the molecule is CN(C)CCCc1cccc(OC(F)(F)F)c1O. The van der Waals surface area contributed by atoms with Gasteiger partial charge in [0, 0.05) is 0 Å². The molecule has 0 atom stereocenters. The van der Waals surface area contributed by atoms with E-state index in [0.29, 0.717) is 12.0 Å². The lowest BCUT2D eigenvalue weighted by Gasteiger charge is -2.13. The molecule has 102 valence electrons. The second-order valence-electron chi connectivity index (χ2n) is 4.22. The number of hydrogen-bond donors (Lipinski definition) is 1. The summed E-state index contributed by atoms with van der Waals surface area (Å²) in [6.45, 7) is 0.795. The second-order valence-corrected chi connectivity index (χ2v) is 4.22. The molecule has 0 radical (unpaired) electrons. The maximum atomic E-state index is 12.1. The van der Waals surface area contributed by atoms with Crippen molar-refractivity contribution in [2.45, 2.75) is 19.2 Å². The Labute approximate surface area is 104 Å². The summed E-state index contributed by atoms with van der Waals surface area (Å²) in [5.74, 6) is -0.988. The molecule has 0 bridgehead atoms. The van der Waals surface area contributed by atoms with E-state index in [-0.39, 0.29) is 0 Å². The first-order chi connectivity index (χ1) is 8.29. The summed E-state index contributed by atoms with van der Waals surface area (Å²) in [4.78, 5) is 1.97. The van der Waals surface area contributed by atoms with E-state index in [2.05, 4.69) is 4.74 Å². The van der Waals surface area contributed by atoms with Crippen LogP contribution in [0.2, 0.25) is 0 Å². The first-order valence-electron chi connectivity index (χ1n) is 5.51. The molecule has 0 fully saturated rings. The molecule has 0 heterocycles. The van der Waals surface area contributed by atoms with E-state index >= 15 is 0 Å². The van der Waals surface area contributed by atoms with Crippen molar-refractivity contribution in [2.24, 2.45) is 0 Å². The van der Waals surface area contributed by atoms with Crippen molar-refractivity contribution in [3.63, 3.8) is 0 Å². The molecular formula is C12H16F3NO2. The summed E-state index contributed by atoms with van der Waals surface area (Å²) < 4.78 is 40.0. The summed E-state index contributed by atoms with van der Waals surface area (Å²) in [5.41, 5.74) is 0.457. The molecule has 0 aliphatic heterocycles. The molecule has 0 spiro atoms. The van der Waals surface area contributed by atoms with Crippen LogP contribution >= 0.6 is 0 Å². The minimum absolute atomic E-state index is 0.436. The first-order valence-corrected chi connectivity index (χ1v) is 5.51. The van der Waals surface area contributed by atoms with Gasteiger partial charge >= 0.3 is 6.36 Å². The molecule has 6 heteroatoms. The fourth-order valence-corrected chi connectivity index (χ4v) is 1.56. The summed E-state index contributed by atoms with van der Waals surface area (Å²) in [7, 11) is 3.81. The number of alkyl halides is 3. The van der Waals surface area contributed by atoms with Gasteiger partial charge in [-0.05, 0) is 45.1 Å². The van der Waals surface area contributed by atoms with Crippen LogP contribution in [-0.2, 0) is 6.42 Å². The fraction of sp³-hybridized carbons (Fsp3) is 0.500. The highest BCUT2D eigenvalue weighted by Crippen LogP contribution is 2.34. The number of hydrogen-bond acceptors (Lipinski definition) is 3. The van der Waals surface area contributed by atoms with Gasteiger partial charge in [-0.15, -0.1) is 13.2 Å². The van der Waals surface area contributed by atoms with Crippen molar-refractivity contribution in [1.29, 1.82) is 0 Å². The van der Waals surface area contributed by atoms with Gasteiger partial charge in [-0.1, -0.05) is 12.1 Å². The number of aromatic hydroxyl groups is 1. The van der Waals surface area contributed by atoms with Crippen LogP contribution in [0.1, 0.15) is 12.0 Å². The lowest BCUT2D eigenvalue weighted by atomic mass is 10.1. The lowest BCUT2D eigenvalue weighted by molar-refractivity contribution is -0.275. The summed E-state index contributed by atoms with van der Waals surface area (Å²) >= 11 is 0. The Morgan fingerprint density at radius 3 is 2.50 bits per heavy atom. The average molecular weight is 263 g/mol. The largest absolute Gasteiger partial charge is 0.573 e. The molecule has 0 amide bonds. The van der Waals surface area contributed by atoms with E-state index in [1.54, 1.807) is 6.07 Å². The van der Waals surface area contributed by atoms with E-state index in [1.165, 1.54) is 6.07 Å². The topological polar surface area (TPSA) is 32.7 Å². The van der Waals surface area contributed by atoms with E-state index in [0.717, 1.165) is 19.0 Å². The third-order valence-corrected chi connectivity index (χ3v) is 2.36. The van der Waals surface area contributed by atoms with E-state index < -0.39 is 17.9 Å². The summed E-state index contributed by atoms with van der Waals surface area (Å²) in [6.07, 6.45) is -3.55. The van der Waals surface area contributed by atoms with Crippen molar-refractivity contribution in [1.82, 2.24) is 4.90 Å². The third-order valence-electron chi connectivity index (χ3n) is 2.36. The van der Waals surface area contributed by atoms with Crippen molar-refractivity contribution in [2.75, 3.05) is 20.6 Å². The van der Waals surface area contributed by atoms with E-state index in [4.69, 9.17) is 0 Å². The van der Waals surface area contributed by atoms with Crippen LogP contribution in [0, 0.1) is 0 Å². The number of phenols is 1. The fourth-order valence-electron chi connectivity index (χ4n) is 1.56. The Morgan fingerprint density at radius 2 is 1.94 bits per heavy atom. The molecule has 0 aliphatic carbocycles. The van der Waals surface area contributed by atoms with Gasteiger partial charge in [0.05, 0.1) is 0 Å². The number of ether oxygens (including phenoxy) is 1. The monoisotopic (exact) mass is 263 g/mol. The highest BCUT2D eigenvalue weighted by atomic mass is 19.4. The van der Waals surface area contributed by atoms with Gasteiger partial charge in [0.1, 0.15) is 0 Å². The normalized spacial score (nSPS) is 11.9. The third kappa shape index (κ3) is 4.83. The molecule has 0 aliphatic rings. The molecule has 1 aromatic carbocycles. The molecule has 0 unspecified atom stereocenters. The zero-order chi connectivity index (χ0) is 13.8. The van der Waals surface area contributed by atoms with Crippen LogP contribution in [0.5, 0.6) is 11.5 Å². The van der Waals surface area contributed by atoms with Crippen molar-refractivity contribution < 1.29 is 23.0 Å². The Bertz CT molecular complexity index is 391. The number of halogens is 3. The van der Waals surface area contributed by atoms with E-state index in [1.807, 2.05) is 19.0 Å². The molecule has 0 aromatic heterocycles. The second kappa shape index (κ2) is 5.95. The van der Waals surface area contributed by atoms with Gasteiger partial charge < -0.3 is 14.7 Å². The van der Waals surface area contributed by atoms with Crippen molar-refractivity contribution >= 4 is 0 Å². The van der Waals surface area contributed by atoms with Gasteiger partial charge in [0.25, 0.3) is 0 Å². The highest BCUT2D eigenvalue weighted by Gasteiger charge is 2.32. The van der Waals surface area contributed by atoms with Crippen molar-refractivity contribution in [3.8, 4) is 11.5 Å². The lowest BCUT2D eigenvalue weighted by Crippen LogP contribution is -2.17. The number of nitrogens with zero attached hydrogens (tertiary/aromatic N) is 1. The zero-order valence-electron chi connectivity index (χ0n) is 10.3. The smallest absolute Gasteiger partial charge is 0.504 e. The van der Waals surface area contributed by atoms with Gasteiger partial charge in [0.2, 0.25) is 0 Å². The molecule has 3 nitrogen and oxygen atoms in total. The number of rotatable bonds is 5. The molecule has 0 saturated carbocycles. The minimum Gasteiger partial charge on any atom is -0.504 e. The van der Waals surface area contributed by atoms with Gasteiger partial charge in [-0.3, -0.25) is 0 Å². The maximum Gasteiger partial charge on any atom is 0.573 e. The Hall–Kier alpha value is -1.43. The van der Waals surface area contributed by atoms with Crippen LogP contribution in [0.15, 0.2) is 18.2 Å². The highest BCUT2D eigenvalue weighted by molar-refractivity contribution is 5.45.